The van der Waals surface area contributed by atoms with Crippen LogP contribution in [0, 0.1) is 0 Å². The molecule has 0 bridgehead atoms. The summed E-state index contributed by atoms with van der Waals surface area (Å²) < 4.78 is 69.3. The number of nitrogens with one attached hydrogen (secondary N) is 1. The highest BCUT2D eigenvalue weighted by atomic mass is 35.5. The Morgan fingerprint density at radius 2 is 1.64 bits per heavy atom. The lowest BCUT2D eigenvalue weighted by Crippen LogP contribution is -2.53. The number of amides is 2. The van der Waals surface area contributed by atoms with Gasteiger partial charge < -0.3 is 10.2 Å². The number of hydrogen-bond donors (Lipinski definition) is 1. The van der Waals surface area contributed by atoms with Gasteiger partial charge in [-0.25, -0.2) is 8.42 Å². The Hall–Kier alpha value is -3.28. The second-order valence-corrected chi connectivity index (χ2v) is 13.2. The van der Waals surface area contributed by atoms with Crippen LogP contribution >= 0.6 is 23.2 Å². The summed E-state index contributed by atoms with van der Waals surface area (Å²) in [6.45, 7) is 0.723. The van der Waals surface area contributed by atoms with Crippen LogP contribution in [0.3, 0.4) is 0 Å². The van der Waals surface area contributed by atoms with Crippen molar-refractivity contribution in [2.24, 2.45) is 0 Å². The molecule has 1 atom stereocenters. The molecule has 0 unspecified atom stereocenters. The van der Waals surface area contributed by atoms with E-state index in [2.05, 4.69) is 5.32 Å². The van der Waals surface area contributed by atoms with Gasteiger partial charge in [0.1, 0.15) is 12.6 Å². The van der Waals surface area contributed by atoms with Crippen LogP contribution in [-0.2, 0) is 32.3 Å². The van der Waals surface area contributed by atoms with E-state index in [1.54, 1.807) is 19.1 Å². The second-order valence-electron chi connectivity index (χ2n) is 10.6. The summed E-state index contributed by atoms with van der Waals surface area (Å²) in [4.78, 5) is 28.7. The molecule has 1 aliphatic rings. The molecular formula is C31H32Cl2F3N3O4S. The van der Waals surface area contributed by atoms with Gasteiger partial charge in [0.25, 0.3) is 10.0 Å². The zero-order valence-corrected chi connectivity index (χ0v) is 26.2. The number of anilines is 1. The Morgan fingerprint density at radius 1 is 0.955 bits per heavy atom. The number of hydrogen-bond acceptors (Lipinski definition) is 4. The molecule has 3 aromatic rings. The van der Waals surface area contributed by atoms with Crippen LogP contribution < -0.4 is 9.62 Å². The topological polar surface area (TPSA) is 86.8 Å². The van der Waals surface area contributed by atoms with Crippen molar-refractivity contribution in [1.29, 1.82) is 0 Å². The van der Waals surface area contributed by atoms with E-state index in [0.717, 1.165) is 37.8 Å². The number of rotatable bonds is 11. The second kappa shape index (κ2) is 14.2. The molecule has 0 aromatic heterocycles. The summed E-state index contributed by atoms with van der Waals surface area (Å²) in [6, 6.07) is 14.5. The van der Waals surface area contributed by atoms with Crippen molar-refractivity contribution in [3.8, 4) is 0 Å². The Bertz CT molecular complexity index is 1580. The number of halogens is 5. The number of carbonyl (C=O) groups is 2. The molecule has 0 saturated heterocycles. The largest absolute Gasteiger partial charge is 0.416 e. The van der Waals surface area contributed by atoms with Gasteiger partial charge in [-0.05, 0) is 67.3 Å². The summed E-state index contributed by atoms with van der Waals surface area (Å²) in [5.41, 5.74) is -0.905. The highest BCUT2D eigenvalue weighted by Gasteiger charge is 2.36. The van der Waals surface area contributed by atoms with Crippen LogP contribution in [0.4, 0.5) is 18.9 Å². The van der Waals surface area contributed by atoms with E-state index in [9.17, 15) is 31.2 Å². The minimum Gasteiger partial charge on any atom is -0.352 e. The third kappa shape index (κ3) is 8.05. The summed E-state index contributed by atoms with van der Waals surface area (Å²) in [5.74, 6) is -1.19. The Kier molecular flexibility index (Phi) is 10.9. The predicted octanol–water partition coefficient (Wildman–Crippen LogP) is 7.07. The SMILES string of the molecule is CC[C@@H](C(=O)NC1CCCC1)N(Cc1ccc(Cl)c(Cl)c1)C(=O)CN(c1cccc(C(F)(F)F)c1)S(=O)(=O)c1ccccc1. The normalized spacial score (nSPS) is 14.7. The maximum atomic E-state index is 14.1. The number of sulfonamides is 1. The zero-order valence-electron chi connectivity index (χ0n) is 23.9. The smallest absolute Gasteiger partial charge is 0.352 e. The zero-order chi connectivity index (χ0) is 32.1. The fraction of sp³-hybridized carbons (Fsp3) is 0.355. The first-order chi connectivity index (χ1) is 20.8. The fourth-order valence-electron chi connectivity index (χ4n) is 5.21. The first-order valence-electron chi connectivity index (χ1n) is 14.1. The van der Waals surface area contributed by atoms with E-state index in [1.165, 1.54) is 47.4 Å². The summed E-state index contributed by atoms with van der Waals surface area (Å²) in [6.07, 6.45) is -1.01. The van der Waals surface area contributed by atoms with Gasteiger partial charge in [0.05, 0.1) is 26.2 Å². The molecule has 1 fully saturated rings. The number of carbonyl (C=O) groups excluding carboxylic acids is 2. The van der Waals surface area contributed by atoms with E-state index in [0.29, 0.717) is 15.9 Å². The molecule has 13 heteroatoms. The maximum Gasteiger partial charge on any atom is 0.416 e. The average Bonchev–Trinajstić information content (AvgIpc) is 3.50. The molecular weight excluding hydrogens is 638 g/mol. The van der Waals surface area contributed by atoms with Gasteiger partial charge in [-0.3, -0.25) is 13.9 Å². The highest BCUT2D eigenvalue weighted by molar-refractivity contribution is 7.92. The quantitative estimate of drug-likeness (QED) is 0.237. The van der Waals surface area contributed by atoms with E-state index in [4.69, 9.17) is 23.2 Å². The van der Waals surface area contributed by atoms with Crippen molar-refractivity contribution in [1.82, 2.24) is 10.2 Å². The van der Waals surface area contributed by atoms with Crippen LogP contribution in [0.5, 0.6) is 0 Å². The molecule has 0 heterocycles. The summed E-state index contributed by atoms with van der Waals surface area (Å²) in [7, 11) is -4.52. The van der Waals surface area contributed by atoms with Gasteiger partial charge >= 0.3 is 6.18 Å². The molecule has 7 nitrogen and oxygen atoms in total. The van der Waals surface area contributed by atoms with Crippen LogP contribution in [0.25, 0.3) is 0 Å². The van der Waals surface area contributed by atoms with Crippen molar-refractivity contribution in [3.63, 3.8) is 0 Å². The van der Waals surface area contributed by atoms with Crippen molar-refractivity contribution in [2.45, 2.75) is 68.7 Å². The van der Waals surface area contributed by atoms with Crippen LogP contribution in [-0.4, -0.2) is 43.8 Å². The van der Waals surface area contributed by atoms with E-state index >= 15 is 0 Å². The minimum absolute atomic E-state index is 0.0430. The Labute approximate surface area is 265 Å². The molecule has 2 amide bonds. The van der Waals surface area contributed by atoms with Gasteiger partial charge in [-0.15, -0.1) is 0 Å². The first kappa shape index (κ1) is 33.6. The third-order valence-electron chi connectivity index (χ3n) is 7.50. The minimum atomic E-state index is -4.76. The van der Waals surface area contributed by atoms with Crippen LogP contribution in [0.2, 0.25) is 10.0 Å². The number of benzene rings is 3. The van der Waals surface area contributed by atoms with Gasteiger partial charge in [0, 0.05) is 12.6 Å². The highest BCUT2D eigenvalue weighted by Crippen LogP contribution is 2.33. The standard InChI is InChI=1S/C31H32Cl2F3N3O4S/c1-2-28(30(41)37-23-10-6-7-11-23)38(19-21-15-16-26(32)27(33)17-21)29(40)20-39(44(42,43)25-13-4-3-5-14-25)24-12-8-9-22(18-24)31(34,35)36/h3-5,8-9,12-18,23,28H,2,6-7,10-11,19-20H2,1H3,(H,37,41)/t28-/m0/s1. The van der Waals surface area contributed by atoms with Crippen molar-refractivity contribution in [3.05, 3.63) is 94.0 Å². The van der Waals surface area contributed by atoms with Crippen molar-refractivity contribution < 1.29 is 31.2 Å². The van der Waals surface area contributed by atoms with E-state index in [1.807, 2.05) is 0 Å². The lowest BCUT2D eigenvalue weighted by Gasteiger charge is -2.34. The van der Waals surface area contributed by atoms with Crippen molar-refractivity contribution >= 4 is 50.7 Å². The molecule has 44 heavy (non-hydrogen) atoms. The molecule has 4 rings (SSSR count). The van der Waals surface area contributed by atoms with Gasteiger partial charge in [0.2, 0.25) is 11.8 Å². The fourth-order valence-corrected chi connectivity index (χ4v) is 6.96. The van der Waals surface area contributed by atoms with Gasteiger partial charge in [-0.1, -0.05) is 73.3 Å². The average molecular weight is 671 g/mol. The van der Waals surface area contributed by atoms with Gasteiger partial charge in [0.15, 0.2) is 0 Å². The predicted molar refractivity (Wildman–Crippen MR) is 164 cm³/mol. The van der Waals surface area contributed by atoms with E-state index < -0.39 is 46.2 Å². The molecule has 0 spiro atoms. The lowest BCUT2D eigenvalue weighted by molar-refractivity contribution is -0.140. The molecule has 1 aliphatic carbocycles. The summed E-state index contributed by atoms with van der Waals surface area (Å²) in [5, 5.41) is 3.50. The molecule has 1 saturated carbocycles. The van der Waals surface area contributed by atoms with Crippen LogP contribution in [0.15, 0.2) is 77.7 Å². The maximum absolute atomic E-state index is 14.1. The Morgan fingerprint density at radius 3 is 2.25 bits per heavy atom. The molecule has 1 N–H and O–H groups in total. The molecule has 0 aliphatic heterocycles. The van der Waals surface area contributed by atoms with Crippen molar-refractivity contribution in [2.75, 3.05) is 10.8 Å². The molecule has 0 radical (unpaired) electrons. The monoisotopic (exact) mass is 669 g/mol. The third-order valence-corrected chi connectivity index (χ3v) is 10.0. The lowest BCUT2D eigenvalue weighted by atomic mass is 10.1. The van der Waals surface area contributed by atoms with Crippen LogP contribution in [0.1, 0.15) is 50.2 Å². The van der Waals surface area contributed by atoms with E-state index in [-0.39, 0.29) is 39.6 Å². The Balaban J connectivity index is 1.76. The number of alkyl halides is 3. The van der Waals surface area contributed by atoms with Gasteiger partial charge in [-0.2, -0.15) is 13.2 Å². The molecule has 236 valence electrons. The molecule has 3 aromatic carbocycles. The first-order valence-corrected chi connectivity index (χ1v) is 16.3. The number of nitrogens with zero attached hydrogens (tertiary/aromatic N) is 2. The summed E-state index contributed by atoms with van der Waals surface area (Å²) >= 11 is 12.3.